The molecule has 146 valence electrons. The van der Waals surface area contributed by atoms with Gasteiger partial charge in [-0.05, 0) is 55.2 Å². The van der Waals surface area contributed by atoms with Gasteiger partial charge in [-0.3, -0.25) is 4.79 Å². The van der Waals surface area contributed by atoms with Crippen molar-refractivity contribution in [1.82, 2.24) is 10.2 Å². The first-order chi connectivity index (χ1) is 13.6. The number of nitrogens with one attached hydrogen (secondary N) is 1. The molecular weight excluding hydrogens is 356 g/mol. The maximum Gasteiger partial charge on any atom is 0.335 e. The molecule has 1 aliphatic rings. The fraction of sp³-hybridized carbons (Fsp3) is 0.318. The van der Waals surface area contributed by atoms with Crippen molar-refractivity contribution in [3.63, 3.8) is 0 Å². The van der Waals surface area contributed by atoms with E-state index in [0.717, 1.165) is 29.5 Å². The Morgan fingerprint density at radius 3 is 2.64 bits per heavy atom. The zero-order valence-electron chi connectivity index (χ0n) is 16.1. The molecule has 2 N–H and O–H groups in total. The first-order valence-corrected chi connectivity index (χ1v) is 9.60. The van der Waals surface area contributed by atoms with Gasteiger partial charge in [0.1, 0.15) is 5.75 Å². The van der Waals surface area contributed by atoms with E-state index in [-0.39, 0.29) is 17.2 Å². The van der Waals surface area contributed by atoms with Crippen molar-refractivity contribution in [2.45, 2.75) is 45.6 Å². The van der Waals surface area contributed by atoms with Gasteiger partial charge in [-0.25, -0.2) is 9.89 Å². The summed E-state index contributed by atoms with van der Waals surface area (Å²) in [6.07, 6.45) is 3.96. The Morgan fingerprint density at radius 2 is 1.96 bits per heavy atom. The van der Waals surface area contributed by atoms with Gasteiger partial charge in [0.15, 0.2) is 0 Å². The largest absolute Gasteiger partial charge is 0.490 e. The predicted octanol–water partition coefficient (Wildman–Crippen LogP) is 4.17. The second-order valence-electron chi connectivity index (χ2n) is 6.56. The van der Waals surface area contributed by atoms with E-state index in [4.69, 9.17) is 9.84 Å². The molecule has 6 heteroatoms. The fourth-order valence-electron chi connectivity index (χ4n) is 3.10. The smallest absolute Gasteiger partial charge is 0.335 e. The zero-order valence-corrected chi connectivity index (χ0v) is 16.1. The minimum absolute atomic E-state index is 0.227. The van der Waals surface area contributed by atoms with Gasteiger partial charge < -0.3 is 9.84 Å². The van der Waals surface area contributed by atoms with Crippen LogP contribution in [0.3, 0.4) is 0 Å². The Kier molecular flexibility index (Phi) is 6.09. The van der Waals surface area contributed by atoms with Crippen molar-refractivity contribution in [2.75, 3.05) is 0 Å². The molecule has 0 aliphatic heterocycles. The predicted molar refractivity (Wildman–Crippen MR) is 108 cm³/mol. The lowest BCUT2D eigenvalue weighted by molar-refractivity contribution is 0.0696. The maximum atomic E-state index is 12.1. The highest BCUT2D eigenvalue weighted by Gasteiger charge is 2.19. The maximum absolute atomic E-state index is 12.1. The lowest BCUT2D eigenvalue weighted by atomic mass is 9.96. The van der Waals surface area contributed by atoms with E-state index in [1.54, 1.807) is 24.3 Å². The molecule has 0 spiro atoms. The Hall–Kier alpha value is -3.15. The number of aromatic amines is 1. The van der Waals surface area contributed by atoms with Crippen molar-refractivity contribution >= 4 is 16.7 Å². The van der Waals surface area contributed by atoms with Gasteiger partial charge in [0.2, 0.25) is 0 Å². The molecule has 0 bridgehead atoms. The topological polar surface area (TPSA) is 92.3 Å². The van der Waals surface area contributed by atoms with E-state index in [1.165, 1.54) is 6.42 Å². The van der Waals surface area contributed by atoms with E-state index in [2.05, 4.69) is 10.2 Å². The van der Waals surface area contributed by atoms with Gasteiger partial charge in [0, 0.05) is 11.8 Å². The highest BCUT2D eigenvalue weighted by atomic mass is 16.5. The van der Waals surface area contributed by atoms with Crippen molar-refractivity contribution in [3.8, 4) is 5.75 Å². The number of benzene rings is 2. The second-order valence-corrected chi connectivity index (χ2v) is 6.56. The number of carboxylic acids is 1. The number of aromatic carboxylic acids is 1. The van der Waals surface area contributed by atoms with Crippen LogP contribution < -0.4 is 10.3 Å². The molecular formula is C22H24N2O4. The number of carboxylic acid groups (broad SMARTS) is 1. The van der Waals surface area contributed by atoms with Crippen LogP contribution in [-0.4, -0.2) is 27.4 Å². The molecule has 0 unspecified atom stereocenters. The number of hydrogen-bond acceptors (Lipinski definition) is 4. The first-order valence-electron chi connectivity index (χ1n) is 9.60. The molecule has 28 heavy (non-hydrogen) atoms. The molecule has 6 nitrogen and oxygen atoms in total. The lowest BCUT2D eigenvalue weighted by Gasteiger charge is -2.26. The fourth-order valence-corrected chi connectivity index (χ4v) is 3.10. The molecule has 3 aromatic rings. The average Bonchev–Trinajstić information content (AvgIpc) is 2.69. The van der Waals surface area contributed by atoms with Crippen LogP contribution in [-0.2, 0) is 6.42 Å². The van der Waals surface area contributed by atoms with Crippen LogP contribution in [0.2, 0.25) is 0 Å². The summed E-state index contributed by atoms with van der Waals surface area (Å²) in [5.41, 5.74) is 1.47. The van der Waals surface area contributed by atoms with Gasteiger partial charge in [-0.2, -0.15) is 5.10 Å². The third kappa shape index (κ3) is 4.22. The number of aromatic nitrogens is 2. The molecule has 1 fully saturated rings. The third-order valence-electron chi connectivity index (χ3n) is 4.74. The molecule has 1 aromatic heterocycles. The Balaban J connectivity index is 0.00000109. The molecule has 1 saturated carbocycles. The molecule has 0 radical (unpaired) electrons. The number of ether oxygens (including phenoxy) is 1. The summed E-state index contributed by atoms with van der Waals surface area (Å²) in [5, 5.41) is 17.1. The first kappa shape index (κ1) is 19.6. The van der Waals surface area contributed by atoms with Crippen LogP contribution in [0.1, 0.15) is 54.7 Å². The van der Waals surface area contributed by atoms with Gasteiger partial charge in [0.05, 0.1) is 22.7 Å². The number of H-pyrrole nitrogens is 1. The summed E-state index contributed by atoms with van der Waals surface area (Å²) < 4.78 is 5.94. The molecule has 1 aliphatic carbocycles. The van der Waals surface area contributed by atoms with Crippen molar-refractivity contribution < 1.29 is 14.6 Å². The van der Waals surface area contributed by atoms with Gasteiger partial charge in [-0.15, -0.1) is 0 Å². The highest BCUT2D eigenvalue weighted by molar-refractivity contribution is 5.88. The normalized spacial score (nSPS) is 13.4. The number of carbonyl (C=O) groups is 1. The molecule has 1 heterocycles. The van der Waals surface area contributed by atoms with Crippen molar-refractivity contribution in [2.24, 2.45) is 0 Å². The number of hydrogen-bond donors (Lipinski definition) is 2. The van der Waals surface area contributed by atoms with Crippen molar-refractivity contribution in [1.29, 1.82) is 0 Å². The van der Waals surface area contributed by atoms with Crippen molar-refractivity contribution in [3.05, 3.63) is 69.6 Å². The third-order valence-corrected chi connectivity index (χ3v) is 4.74. The van der Waals surface area contributed by atoms with E-state index in [0.29, 0.717) is 17.5 Å². The lowest BCUT2D eigenvalue weighted by Crippen LogP contribution is -2.24. The average molecular weight is 380 g/mol. The Morgan fingerprint density at radius 1 is 1.18 bits per heavy atom. The summed E-state index contributed by atoms with van der Waals surface area (Å²) in [6.45, 7) is 4.00. The van der Waals surface area contributed by atoms with E-state index >= 15 is 0 Å². The molecule has 2 aromatic carbocycles. The minimum atomic E-state index is -0.970. The summed E-state index contributed by atoms with van der Waals surface area (Å²) >= 11 is 0. The Labute approximate surface area is 163 Å². The summed E-state index contributed by atoms with van der Waals surface area (Å²) in [7, 11) is 0. The summed E-state index contributed by atoms with van der Waals surface area (Å²) in [5.74, 6) is -0.238. The molecule has 4 rings (SSSR count). The van der Waals surface area contributed by atoms with Crippen LogP contribution in [0.25, 0.3) is 10.8 Å². The second kappa shape index (κ2) is 8.69. The monoisotopic (exact) mass is 380 g/mol. The van der Waals surface area contributed by atoms with E-state index in [1.807, 2.05) is 32.0 Å². The van der Waals surface area contributed by atoms with Crippen LogP contribution in [0.4, 0.5) is 0 Å². The summed E-state index contributed by atoms with van der Waals surface area (Å²) in [6, 6.07) is 12.1. The van der Waals surface area contributed by atoms with Crippen LogP contribution in [0.15, 0.2) is 47.3 Å². The number of fused-ring (bicyclic) bond motifs is 1. The SMILES string of the molecule is CC.O=C(O)c1cccc(Cc2n[nH]c(=O)c3ccc(OC4CCC4)cc23)c1. The highest BCUT2D eigenvalue weighted by Crippen LogP contribution is 2.28. The quantitative estimate of drug-likeness (QED) is 0.693. The van der Waals surface area contributed by atoms with E-state index < -0.39 is 5.97 Å². The molecule has 0 saturated heterocycles. The van der Waals surface area contributed by atoms with Crippen LogP contribution >= 0.6 is 0 Å². The zero-order chi connectivity index (χ0) is 20.1. The minimum Gasteiger partial charge on any atom is -0.490 e. The molecule has 0 atom stereocenters. The standard InChI is InChI=1S/C20H18N2O4.C2H6/c23-19-16-8-7-15(26-14-5-2-6-14)11-17(16)18(21-22-19)10-12-3-1-4-13(9-12)20(24)25;1-2/h1,3-4,7-9,11,14H,2,5-6,10H2,(H,22,23)(H,24,25);1-2H3. The number of nitrogens with zero attached hydrogens (tertiary/aromatic N) is 1. The van der Waals surface area contributed by atoms with Crippen LogP contribution in [0.5, 0.6) is 5.75 Å². The van der Waals surface area contributed by atoms with Gasteiger partial charge in [-0.1, -0.05) is 26.0 Å². The van der Waals surface area contributed by atoms with Gasteiger partial charge >= 0.3 is 5.97 Å². The number of rotatable bonds is 5. The van der Waals surface area contributed by atoms with E-state index in [9.17, 15) is 9.59 Å². The summed E-state index contributed by atoms with van der Waals surface area (Å²) in [4.78, 5) is 23.3. The molecule has 0 amide bonds. The Bertz CT molecular complexity index is 1040. The van der Waals surface area contributed by atoms with Crippen LogP contribution in [0, 0.1) is 0 Å². The van der Waals surface area contributed by atoms with Gasteiger partial charge in [0.25, 0.3) is 5.56 Å².